The summed E-state index contributed by atoms with van der Waals surface area (Å²) in [5.74, 6) is 0.549. The molecule has 0 fully saturated rings. The summed E-state index contributed by atoms with van der Waals surface area (Å²) in [4.78, 5) is 11.3. The summed E-state index contributed by atoms with van der Waals surface area (Å²) in [5, 5.41) is 9.29. The lowest BCUT2D eigenvalue weighted by molar-refractivity contribution is 0.0696. The Morgan fingerprint density at radius 3 is 2.42 bits per heavy atom. The van der Waals surface area contributed by atoms with E-state index in [9.17, 15) is 9.90 Å². The van der Waals surface area contributed by atoms with Gasteiger partial charge < -0.3 is 14.6 Å². The molecule has 0 aromatic heterocycles. The lowest BCUT2D eigenvalue weighted by Gasteiger charge is -2.13. The summed E-state index contributed by atoms with van der Waals surface area (Å²) < 4.78 is 10.8. The maximum absolute atomic E-state index is 11.3. The number of ether oxygens (including phenoxy) is 2. The Bertz CT molecular complexity index is 747. The maximum Gasteiger partial charge on any atom is 0.336 e. The van der Waals surface area contributed by atoms with Gasteiger partial charge in [0.1, 0.15) is 11.5 Å². The molecule has 1 N–H and O–H groups in total. The molecule has 2 aromatic rings. The summed E-state index contributed by atoms with van der Waals surface area (Å²) in [7, 11) is 3.25. The molecular formula is C20H22O4. The van der Waals surface area contributed by atoms with Crippen molar-refractivity contribution < 1.29 is 19.4 Å². The molecule has 0 amide bonds. The SMILES string of the molecule is CCCc1c(C=Cc2ccccc2C(=O)O)cc(OC)cc1OC. The van der Waals surface area contributed by atoms with E-state index in [0.717, 1.165) is 29.7 Å². The largest absolute Gasteiger partial charge is 0.497 e. The molecule has 0 spiro atoms. The number of methoxy groups -OCH3 is 2. The van der Waals surface area contributed by atoms with Gasteiger partial charge in [-0.3, -0.25) is 0 Å². The van der Waals surface area contributed by atoms with Crippen LogP contribution in [-0.4, -0.2) is 25.3 Å². The molecule has 0 saturated carbocycles. The molecule has 2 rings (SSSR count). The average Bonchev–Trinajstić information content (AvgIpc) is 2.60. The zero-order valence-corrected chi connectivity index (χ0v) is 14.2. The van der Waals surface area contributed by atoms with Crippen LogP contribution < -0.4 is 9.47 Å². The highest BCUT2D eigenvalue weighted by Crippen LogP contribution is 2.31. The van der Waals surface area contributed by atoms with E-state index in [4.69, 9.17) is 9.47 Å². The molecule has 4 nitrogen and oxygen atoms in total. The Hall–Kier alpha value is -2.75. The van der Waals surface area contributed by atoms with Gasteiger partial charge in [-0.1, -0.05) is 43.7 Å². The number of hydrogen-bond donors (Lipinski definition) is 1. The zero-order valence-electron chi connectivity index (χ0n) is 14.2. The number of carboxylic acid groups (broad SMARTS) is 1. The Morgan fingerprint density at radius 2 is 1.79 bits per heavy atom. The van der Waals surface area contributed by atoms with Crippen LogP contribution in [0.25, 0.3) is 12.2 Å². The van der Waals surface area contributed by atoms with Crippen molar-refractivity contribution in [2.24, 2.45) is 0 Å². The summed E-state index contributed by atoms with van der Waals surface area (Å²) >= 11 is 0. The first-order valence-electron chi connectivity index (χ1n) is 7.86. The van der Waals surface area contributed by atoms with Crippen molar-refractivity contribution in [3.05, 3.63) is 58.7 Å². The lowest BCUT2D eigenvalue weighted by Crippen LogP contribution is -1.99. The zero-order chi connectivity index (χ0) is 17.5. The molecule has 0 aliphatic heterocycles. The van der Waals surface area contributed by atoms with Crippen molar-refractivity contribution in [1.29, 1.82) is 0 Å². The van der Waals surface area contributed by atoms with E-state index in [-0.39, 0.29) is 5.56 Å². The van der Waals surface area contributed by atoms with Crippen LogP contribution in [0.3, 0.4) is 0 Å². The van der Waals surface area contributed by atoms with Crippen molar-refractivity contribution in [2.75, 3.05) is 14.2 Å². The van der Waals surface area contributed by atoms with Crippen LogP contribution in [0, 0.1) is 0 Å². The average molecular weight is 326 g/mol. The molecule has 0 atom stereocenters. The van der Waals surface area contributed by atoms with Gasteiger partial charge in [-0.15, -0.1) is 0 Å². The minimum atomic E-state index is -0.938. The molecule has 0 bridgehead atoms. The molecule has 126 valence electrons. The van der Waals surface area contributed by atoms with Crippen LogP contribution in [0.15, 0.2) is 36.4 Å². The lowest BCUT2D eigenvalue weighted by atomic mass is 9.99. The van der Waals surface area contributed by atoms with Crippen molar-refractivity contribution in [3.63, 3.8) is 0 Å². The Kier molecular flexibility index (Phi) is 6.01. The fourth-order valence-corrected chi connectivity index (χ4v) is 2.62. The van der Waals surface area contributed by atoms with Crippen molar-refractivity contribution in [2.45, 2.75) is 19.8 Å². The first-order chi connectivity index (χ1) is 11.6. The van der Waals surface area contributed by atoms with Gasteiger partial charge in [0.25, 0.3) is 0 Å². The predicted octanol–water partition coefficient (Wildman–Crippen LogP) is 4.52. The molecule has 2 aromatic carbocycles. The van der Waals surface area contributed by atoms with E-state index < -0.39 is 5.97 Å². The van der Waals surface area contributed by atoms with E-state index in [1.54, 1.807) is 32.4 Å². The maximum atomic E-state index is 11.3. The van der Waals surface area contributed by atoms with Crippen molar-refractivity contribution >= 4 is 18.1 Å². The fourth-order valence-electron chi connectivity index (χ4n) is 2.62. The van der Waals surface area contributed by atoms with Crippen LogP contribution in [-0.2, 0) is 6.42 Å². The number of aromatic carboxylic acids is 1. The van der Waals surface area contributed by atoms with E-state index in [1.165, 1.54) is 0 Å². The third-order valence-corrected chi connectivity index (χ3v) is 3.81. The van der Waals surface area contributed by atoms with E-state index in [0.29, 0.717) is 11.3 Å². The molecule has 0 radical (unpaired) electrons. The summed E-state index contributed by atoms with van der Waals surface area (Å²) in [6.45, 7) is 2.11. The molecule has 0 saturated heterocycles. The molecule has 0 heterocycles. The molecule has 0 aliphatic carbocycles. The molecule has 4 heteroatoms. The number of carboxylic acids is 1. The highest BCUT2D eigenvalue weighted by Gasteiger charge is 2.11. The predicted molar refractivity (Wildman–Crippen MR) is 95.9 cm³/mol. The van der Waals surface area contributed by atoms with Gasteiger partial charge in [-0.2, -0.15) is 0 Å². The van der Waals surface area contributed by atoms with Crippen LogP contribution in [0.4, 0.5) is 0 Å². The van der Waals surface area contributed by atoms with Gasteiger partial charge in [-0.05, 0) is 29.7 Å². The Balaban J connectivity index is 2.50. The summed E-state index contributed by atoms with van der Waals surface area (Å²) in [5.41, 5.74) is 2.99. The second-order valence-corrected chi connectivity index (χ2v) is 5.37. The monoisotopic (exact) mass is 326 g/mol. The van der Waals surface area contributed by atoms with Gasteiger partial charge >= 0.3 is 5.97 Å². The number of rotatable bonds is 7. The Morgan fingerprint density at radius 1 is 1.08 bits per heavy atom. The van der Waals surface area contributed by atoms with E-state index in [2.05, 4.69) is 6.92 Å². The number of benzene rings is 2. The molecule has 0 aliphatic rings. The minimum Gasteiger partial charge on any atom is -0.497 e. The molecule has 24 heavy (non-hydrogen) atoms. The third kappa shape index (κ3) is 3.96. The summed E-state index contributed by atoms with van der Waals surface area (Å²) in [6, 6.07) is 10.7. The first kappa shape index (κ1) is 17.6. The van der Waals surface area contributed by atoms with Crippen LogP contribution in [0.2, 0.25) is 0 Å². The second-order valence-electron chi connectivity index (χ2n) is 5.37. The Labute approximate surface area is 142 Å². The third-order valence-electron chi connectivity index (χ3n) is 3.81. The van der Waals surface area contributed by atoms with Gasteiger partial charge in [-0.25, -0.2) is 4.79 Å². The minimum absolute atomic E-state index is 0.278. The highest BCUT2D eigenvalue weighted by molar-refractivity contribution is 5.93. The van der Waals surface area contributed by atoms with Crippen LogP contribution in [0.1, 0.15) is 40.4 Å². The standard InChI is InChI=1S/C20H22O4/c1-4-7-17-15(12-16(23-2)13-19(17)24-3)11-10-14-8-5-6-9-18(14)20(21)22/h5-6,8-13H,4,7H2,1-3H3,(H,21,22). The second kappa shape index (κ2) is 8.20. The van der Waals surface area contributed by atoms with Gasteiger partial charge in [0.15, 0.2) is 0 Å². The van der Waals surface area contributed by atoms with Gasteiger partial charge in [0.05, 0.1) is 19.8 Å². The van der Waals surface area contributed by atoms with Gasteiger partial charge in [0.2, 0.25) is 0 Å². The van der Waals surface area contributed by atoms with Gasteiger partial charge in [0, 0.05) is 11.6 Å². The van der Waals surface area contributed by atoms with Crippen molar-refractivity contribution in [3.8, 4) is 11.5 Å². The van der Waals surface area contributed by atoms with E-state index in [1.807, 2.05) is 30.4 Å². The number of carbonyl (C=O) groups is 1. The smallest absolute Gasteiger partial charge is 0.336 e. The van der Waals surface area contributed by atoms with Crippen LogP contribution in [0.5, 0.6) is 11.5 Å². The first-order valence-corrected chi connectivity index (χ1v) is 7.86. The topological polar surface area (TPSA) is 55.8 Å². The summed E-state index contributed by atoms with van der Waals surface area (Å²) in [6.07, 6.45) is 5.58. The highest BCUT2D eigenvalue weighted by atomic mass is 16.5. The molecule has 0 unspecified atom stereocenters. The normalized spacial score (nSPS) is 10.8. The van der Waals surface area contributed by atoms with Crippen molar-refractivity contribution in [1.82, 2.24) is 0 Å². The number of hydrogen-bond acceptors (Lipinski definition) is 3. The van der Waals surface area contributed by atoms with Crippen LogP contribution >= 0.6 is 0 Å². The van der Waals surface area contributed by atoms with E-state index >= 15 is 0 Å². The fraction of sp³-hybridized carbons (Fsp3) is 0.250. The molecular weight excluding hydrogens is 304 g/mol. The quantitative estimate of drug-likeness (QED) is 0.760.